The van der Waals surface area contributed by atoms with E-state index in [1.807, 2.05) is 6.92 Å². The molecule has 0 saturated heterocycles. The van der Waals surface area contributed by atoms with Gasteiger partial charge in [0.25, 0.3) is 0 Å². The second-order valence-electron chi connectivity index (χ2n) is 3.25. The minimum atomic E-state index is -4.39. The van der Waals surface area contributed by atoms with Crippen molar-refractivity contribution in [2.45, 2.75) is 19.1 Å². The number of nitrogens with one attached hydrogen (secondary N) is 1. The van der Waals surface area contributed by atoms with Gasteiger partial charge < -0.3 is 5.32 Å². The first-order valence-electron chi connectivity index (χ1n) is 4.40. The summed E-state index contributed by atoms with van der Waals surface area (Å²) in [5.74, 6) is 0. The van der Waals surface area contributed by atoms with Crippen molar-refractivity contribution in [2.75, 3.05) is 7.05 Å². The molecule has 15 heavy (non-hydrogen) atoms. The van der Waals surface area contributed by atoms with Crippen molar-refractivity contribution in [3.8, 4) is 0 Å². The van der Waals surface area contributed by atoms with E-state index in [2.05, 4.69) is 5.32 Å². The molecular formula is C10H11ClF3N. The lowest BCUT2D eigenvalue weighted by Crippen LogP contribution is -2.13. The number of rotatable bonds is 2. The van der Waals surface area contributed by atoms with Crippen molar-refractivity contribution in [2.24, 2.45) is 0 Å². The Morgan fingerprint density at radius 2 is 1.93 bits per heavy atom. The van der Waals surface area contributed by atoms with Gasteiger partial charge in [0, 0.05) is 6.04 Å². The number of benzene rings is 1. The molecule has 0 bridgehead atoms. The Kier molecular flexibility index (Phi) is 3.62. The average molecular weight is 238 g/mol. The molecule has 0 aliphatic rings. The van der Waals surface area contributed by atoms with Gasteiger partial charge in [0.1, 0.15) is 0 Å². The molecule has 0 aromatic heterocycles. The fourth-order valence-corrected chi connectivity index (χ4v) is 1.49. The van der Waals surface area contributed by atoms with Crippen LogP contribution in [0.4, 0.5) is 13.2 Å². The first-order valence-corrected chi connectivity index (χ1v) is 4.78. The summed E-state index contributed by atoms with van der Waals surface area (Å²) in [5, 5.41) is 2.66. The van der Waals surface area contributed by atoms with E-state index in [9.17, 15) is 13.2 Å². The van der Waals surface area contributed by atoms with Gasteiger partial charge in [-0.2, -0.15) is 13.2 Å². The Morgan fingerprint density at radius 3 is 2.33 bits per heavy atom. The summed E-state index contributed by atoms with van der Waals surface area (Å²) < 4.78 is 37.1. The van der Waals surface area contributed by atoms with Crippen LogP contribution < -0.4 is 5.32 Å². The normalized spacial score (nSPS) is 14.0. The van der Waals surface area contributed by atoms with Gasteiger partial charge in [0.05, 0.1) is 10.6 Å². The van der Waals surface area contributed by atoms with E-state index >= 15 is 0 Å². The van der Waals surface area contributed by atoms with Crippen LogP contribution in [0, 0.1) is 0 Å². The Labute approximate surface area is 91.2 Å². The molecule has 1 nitrogen and oxygen atoms in total. The van der Waals surface area contributed by atoms with Gasteiger partial charge in [0.2, 0.25) is 0 Å². The molecular weight excluding hydrogens is 227 g/mol. The Balaban J connectivity index is 3.09. The molecule has 0 fully saturated rings. The maximum atomic E-state index is 12.4. The lowest BCUT2D eigenvalue weighted by Gasteiger charge is -2.14. The molecule has 0 radical (unpaired) electrons. The van der Waals surface area contributed by atoms with Crippen LogP contribution in [0.5, 0.6) is 0 Å². The fraction of sp³-hybridized carbons (Fsp3) is 0.400. The van der Waals surface area contributed by atoms with E-state index in [0.29, 0.717) is 0 Å². The van der Waals surface area contributed by atoms with Crippen molar-refractivity contribution < 1.29 is 13.2 Å². The largest absolute Gasteiger partial charge is 0.417 e. The molecule has 84 valence electrons. The van der Waals surface area contributed by atoms with Crippen molar-refractivity contribution in [3.05, 3.63) is 34.3 Å². The van der Waals surface area contributed by atoms with Crippen molar-refractivity contribution >= 4 is 11.6 Å². The molecule has 1 unspecified atom stereocenters. The van der Waals surface area contributed by atoms with E-state index in [1.54, 1.807) is 7.05 Å². The zero-order valence-corrected chi connectivity index (χ0v) is 9.08. The van der Waals surface area contributed by atoms with E-state index < -0.39 is 11.7 Å². The third-order valence-electron chi connectivity index (χ3n) is 2.23. The minimum Gasteiger partial charge on any atom is -0.313 e. The molecule has 1 rings (SSSR count). The summed E-state index contributed by atoms with van der Waals surface area (Å²) in [6, 6.07) is 3.75. The maximum absolute atomic E-state index is 12.4. The summed E-state index contributed by atoms with van der Waals surface area (Å²) >= 11 is 5.57. The molecule has 0 heterocycles. The fourth-order valence-electron chi connectivity index (χ4n) is 1.20. The highest BCUT2D eigenvalue weighted by Crippen LogP contribution is 2.35. The van der Waals surface area contributed by atoms with Gasteiger partial charge in [0.15, 0.2) is 0 Å². The average Bonchev–Trinajstić information content (AvgIpc) is 2.14. The van der Waals surface area contributed by atoms with Gasteiger partial charge >= 0.3 is 6.18 Å². The summed E-state index contributed by atoms with van der Waals surface area (Å²) in [6.07, 6.45) is -4.39. The number of hydrogen-bond acceptors (Lipinski definition) is 1. The van der Waals surface area contributed by atoms with Gasteiger partial charge in [-0.05, 0) is 31.7 Å². The molecule has 1 aromatic rings. The highest BCUT2D eigenvalue weighted by molar-refractivity contribution is 6.31. The van der Waals surface area contributed by atoms with Crippen LogP contribution in [-0.4, -0.2) is 7.05 Å². The Morgan fingerprint density at radius 1 is 1.33 bits per heavy atom. The smallest absolute Gasteiger partial charge is 0.313 e. The SMILES string of the molecule is CNC(C)c1ccc(C(F)(F)F)c(Cl)c1. The number of halogens is 4. The van der Waals surface area contributed by atoms with E-state index in [0.717, 1.165) is 11.6 Å². The van der Waals surface area contributed by atoms with Gasteiger partial charge in [-0.25, -0.2) is 0 Å². The molecule has 1 atom stereocenters. The van der Waals surface area contributed by atoms with Crippen LogP contribution in [0.25, 0.3) is 0 Å². The van der Waals surface area contributed by atoms with Crippen LogP contribution in [0.2, 0.25) is 5.02 Å². The standard InChI is InChI=1S/C10H11ClF3N/c1-6(15-2)7-3-4-8(9(11)5-7)10(12,13)14/h3-6,15H,1-2H3. The van der Waals surface area contributed by atoms with Crippen LogP contribution >= 0.6 is 11.6 Å². The summed E-state index contributed by atoms with van der Waals surface area (Å²) in [7, 11) is 1.73. The molecule has 0 aliphatic heterocycles. The number of alkyl halides is 3. The molecule has 1 N–H and O–H groups in total. The topological polar surface area (TPSA) is 12.0 Å². The lowest BCUT2D eigenvalue weighted by atomic mass is 10.1. The molecule has 5 heteroatoms. The van der Waals surface area contributed by atoms with Crippen molar-refractivity contribution in [1.29, 1.82) is 0 Å². The lowest BCUT2D eigenvalue weighted by molar-refractivity contribution is -0.137. The third kappa shape index (κ3) is 2.86. The van der Waals surface area contributed by atoms with Crippen LogP contribution in [0.1, 0.15) is 24.1 Å². The summed E-state index contributed by atoms with van der Waals surface area (Å²) in [4.78, 5) is 0. The molecule has 0 saturated carbocycles. The first-order chi connectivity index (χ1) is 6.86. The van der Waals surface area contributed by atoms with Crippen LogP contribution in [0.3, 0.4) is 0 Å². The van der Waals surface area contributed by atoms with Crippen LogP contribution in [0.15, 0.2) is 18.2 Å². The van der Waals surface area contributed by atoms with Crippen LogP contribution in [-0.2, 0) is 6.18 Å². The zero-order chi connectivity index (χ0) is 11.6. The van der Waals surface area contributed by atoms with Gasteiger partial charge in [-0.1, -0.05) is 17.7 Å². The van der Waals surface area contributed by atoms with Gasteiger partial charge in [-0.3, -0.25) is 0 Å². The predicted molar refractivity (Wildman–Crippen MR) is 53.9 cm³/mol. The first kappa shape index (κ1) is 12.3. The van der Waals surface area contributed by atoms with Gasteiger partial charge in [-0.15, -0.1) is 0 Å². The zero-order valence-electron chi connectivity index (χ0n) is 8.32. The van der Waals surface area contributed by atoms with Crippen molar-refractivity contribution in [3.63, 3.8) is 0 Å². The minimum absolute atomic E-state index is 0.0233. The van der Waals surface area contributed by atoms with Crippen molar-refractivity contribution in [1.82, 2.24) is 5.32 Å². The number of hydrogen-bond donors (Lipinski definition) is 1. The van der Waals surface area contributed by atoms with E-state index in [4.69, 9.17) is 11.6 Å². The highest BCUT2D eigenvalue weighted by atomic mass is 35.5. The second kappa shape index (κ2) is 4.41. The molecule has 0 aliphatic carbocycles. The summed E-state index contributed by atoms with van der Waals surface area (Å²) in [5.41, 5.74) is -0.0632. The summed E-state index contributed by atoms with van der Waals surface area (Å²) in [6.45, 7) is 1.85. The molecule has 0 amide bonds. The third-order valence-corrected chi connectivity index (χ3v) is 2.54. The molecule has 1 aromatic carbocycles. The van der Waals surface area contributed by atoms with E-state index in [-0.39, 0.29) is 11.1 Å². The second-order valence-corrected chi connectivity index (χ2v) is 3.65. The maximum Gasteiger partial charge on any atom is 0.417 e. The predicted octanol–water partition coefficient (Wildman–Crippen LogP) is 3.64. The molecule has 0 spiro atoms. The highest BCUT2D eigenvalue weighted by Gasteiger charge is 2.33. The van der Waals surface area contributed by atoms with E-state index in [1.165, 1.54) is 12.1 Å². The Hall–Kier alpha value is -0.740. The monoisotopic (exact) mass is 237 g/mol. The quantitative estimate of drug-likeness (QED) is 0.828. The Bertz CT molecular complexity index is 349.